The molecule has 1 aliphatic rings. The first-order valence-corrected chi connectivity index (χ1v) is 9.12. The summed E-state index contributed by atoms with van der Waals surface area (Å²) in [7, 11) is 0. The van der Waals surface area contributed by atoms with Crippen molar-refractivity contribution in [2.75, 3.05) is 29.9 Å². The van der Waals surface area contributed by atoms with Gasteiger partial charge in [0.25, 0.3) is 0 Å². The number of alkyl halides is 3. The number of aromatic nitrogens is 2. The highest BCUT2D eigenvalue weighted by atomic mass is 19.4. The highest BCUT2D eigenvalue weighted by Crippen LogP contribution is 2.34. The molecule has 0 atom stereocenters. The van der Waals surface area contributed by atoms with Crippen molar-refractivity contribution in [1.82, 2.24) is 15.3 Å². The van der Waals surface area contributed by atoms with Gasteiger partial charge in [-0.15, -0.1) is 0 Å². The van der Waals surface area contributed by atoms with E-state index in [1.54, 1.807) is 18.5 Å². The number of hydrogen-bond acceptors (Lipinski definition) is 5. The molecule has 0 saturated carbocycles. The lowest BCUT2D eigenvalue weighted by atomic mass is 9.97. The summed E-state index contributed by atoms with van der Waals surface area (Å²) in [5.74, 6) is -1.28. The number of piperidine rings is 1. The zero-order valence-electron chi connectivity index (χ0n) is 15.4. The van der Waals surface area contributed by atoms with Crippen LogP contribution >= 0.6 is 0 Å². The number of nitrogens with zero attached hydrogens (tertiary/aromatic N) is 3. The fraction of sp³-hybridized carbons (Fsp3) is 0.368. The minimum atomic E-state index is -4.63. The maximum absolute atomic E-state index is 13.0. The highest BCUT2D eigenvalue weighted by molar-refractivity contribution is 6.39. The third-order valence-corrected chi connectivity index (χ3v) is 4.69. The summed E-state index contributed by atoms with van der Waals surface area (Å²) in [4.78, 5) is 34.4. The van der Waals surface area contributed by atoms with Gasteiger partial charge >= 0.3 is 18.0 Å². The largest absolute Gasteiger partial charge is 0.418 e. The van der Waals surface area contributed by atoms with E-state index in [2.05, 4.69) is 15.3 Å². The second-order valence-corrected chi connectivity index (χ2v) is 6.69. The third kappa shape index (κ3) is 5.43. The Morgan fingerprint density at radius 1 is 1.03 bits per heavy atom. The fourth-order valence-electron chi connectivity index (χ4n) is 3.13. The van der Waals surface area contributed by atoms with Crippen LogP contribution in [0.25, 0.3) is 0 Å². The van der Waals surface area contributed by atoms with Gasteiger partial charge in [0.2, 0.25) is 5.95 Å². The highest BCUT2D eigenvalue weighted by Gasteiger charge is 2.34. The molecular formula is C19H20F3N5O2. The van der Waals surface area contributed by atoms with Crippen LogP contribution in [0.1, 0.15) is 18.4 Å². The van der Waals surface area contributed by atoms with Gasteiger partial charge < -0.3 is 15.5 Å². The molecule has 0 bridgehead atoms. The fourth-order valence-corrected chi connectivity index (χ4v) is 3.13. The van der Waals surface area contributed by atoms with Crippen LogP contribution in [-0.4, -0.2) is 41.4 Å². The normalized spacial score (nSPS) is 15.1. The van der Waals surface area contributed by atoms with Crippen molar-refractivity contribution in [1.29, 1.82) is 0 Å². The molecule has 1 saturated heterocycles. The Hall–Kier alpha value is -3.17. The zero-order chi connectivity index (χ0) is 20.9. The first-order chi connectivity index (χ1) is 13.8. The van der Waals surface area contributed by atoms with E-state index in [-0.39, 0.29) is 12.5 Å². The number of benzene rings is 1. The standard InChI is InChI=1S/C19H20F3N5O2/c20-19(21,22)14-4-1-2-5-15(14)26-17(29)16(28)25-12-13-6-10-27(11-7-13)18-23-8-3-9-24-18/h1-5,8-9,13H,6-7,10-12H2,(H,25,28)(H,26,29). The van der Waals surface area contributed by atoms with E-state index < -0.39 is 29.2 Å². The maximum atomic E-state index is 13.0. The molecule has 0 radical (unpaired) electrons. The van der Waals surface area contributed by atoms with Crippen molar-refractivity contribution < 1.29 is 22.8 Å². The predicted molar refractivity (Wildman–Crippen MR) is 100 cm³/mol. The van der Waals surface area contributed by atoms with Gasteiger partial charge in [-0.3, -0.25) is 9.59 Å². The van der Waals surface area contributed by atoms with Gasteiger partial charge in [0.05, 0.1) is 11.3 Å². The van der Waals surface area contributed by atoms with Gasteiger partial charge in [-0.05, 0) is 37.0 Å². The first-order valence-electron chi connectivity index (χ1n) is 9.12. The average molecular weight is 407 g/mol. The van der Waals surface area contributed by atoms with E-state index >= 15 is 0 Å². The Balaban J connectivity index is 1.47. The van der Waals surface area contributed by atoms with E-state index in [4.69, 9.17) is 0 Å². The second kappa shape index (κ2) is 8.89. The topological polar surface area (TPSA) is 87.2 Å². The van der Waals surface area contributed by atoms with Crippen molar-refractivity contribution in [2.24, 2.45) is 5.92 Å². The van der Waals surface area contributed by atoms with Crippen LogP contribution in [0.2, 0.25) is 0 Å². The molecule has 3 rings (SSSR count). The number of nitrogens with one attached hydrogen (secondary N) is 2. The Kier molecular flexibility index (Phi) is 6.30. The summed E-state index contributed by atoms with van der Waals surface area (Å²) in [6.45, 7) is 1.71. The van der Waals surface area contributed by atoms with Gasteiger partial charge in [-0.2, -0.15) is 13.2 Å². The van der Waals surface area contributed by atoms with E-state index in [1.165, 1.54) is 12.1 Å². The van der Waals surface area contributed by atoms with Gasteiger partial charge in [0.15, 0.2) is 0 Å². The van der Waals surface area contributed by atoms with E-state index in [0.717, 1.165) is 38.1 Å². The van der Waals surface area contributed by atoms with Gasteiger partial charge in [-0.25, -0.2) is 9.97 Å². The van der Waals surface area contributed by atoms with Gasteiger partial charge in [-0.1, -0.05) is 12.1 Å². The predicted octanol–water partition coefficient (Wildman–Crippen LogP) is 2.47. The van der Waals surface area contributed by atoms with Crippen LogP contribution in [0.5, 0.6) is 0 Å². The number of rotatable bonds is 4. The molecule has 1 fully saturated rings. The van der Waals surface area contributed by atoms with Crippen molar-refractivity contribution in [3.63, 3.8) is 0 Å². The summed E-state index contributed by atoms with van der Waals surface area (Å²) < 4.78 is 38.9. The molecule has 29 heavy (non-hydrogen) atoms. The molecule has 0 spiro atoms. The van der Waals surface area contributed by atoms with Crippen molar-refractivity contribution in [3.05, 3.63) is 48.3 Å². The number of carbonyl (C=O) groups is 2. The Morgan fingerprint density at radius 2 is 1.69 bits per heavy atom. The van der Waals surface area contributed by atoms with Crippen molar-refractivity contribution in [3.8, 4) is 0 Å². The number of halogens is 3. The van der Waals surface area contributed by atoms with Gasteiger partial charge in [0, 0.05) is 32.0 Å². The van der Waals surface area contributed by atoms with Crippen LogP contribution < -0.4 is 15.5 Å². The van der Waals surface area contributed by atoms with Crippen LogP contribution in [0.4, 0.5) is 24.8 Å². The monoisotopic (exact) mass is 407 g/mol. The Bertz CT molecular complexity index is 852. The summed E-state index contributed by atoms with van der Waals surface area (Å²) in [6.07, 6.45) is 0.263. The van der Waals surface area contributed by atoms with Crippen molar-refractivity contribution in [2.45, 2.75) is 19.0 Å². The molecule has 0 aliphatic carbocycles. The Morgan fingerprint density at radius 3 is 2.34 bits per heavy atom. The molecule has 7 nitrogen and oxygen atoms in total. The lowest BCUT2D eigenvalue weighted by molar-refractivity contribution is -0.138. The molecule has 2 aromatic rings. The average Bonchev–Trinajstić information content (AvgIpc) is 2.72. The smallest absolute Gasteiger partial charge is 0.348 e. The summed E-state index contributed by atoms with van der Waals surface area (Å²) >= 11 is 0. The van der Waals surface area contributed by atoms with Crippen LogP contribution in [-0.2, 0) is 15.8 Å². The first kappa shape index (κ1) is 20.6. The van der Waals surface area contributed by atoms with E-state index in [1.807, 2.05) is 10.2 Å². The van der Waals surface area contributed by atoms with Crippen LogP contribution in [0.3, 0.4) is 0 Å². The van der Waals surface area contributed by atoms with Crippen LogP contribution in [0, 0.1) is 5.92 Å². The SMILES string of the molecule is O=C(NCC1CCN(c2ncccn2)CC1)C(=O)Nc1ccccc1C(F)(F)F. The number of para-hydroxylation sites is 1. The number of hydrogen-bond donors (Lipinski definition) is 2. The second-order valence-electron chi connectivity index (χ2n) is 6.69. The quantitative estimate of drug-likeness (QED) is 0.761. The molecule has 1 aromatic heterocycles. The Labute approximate surface area is 165 Å². The molecule has 2 amide bonds. The van der Waals surface area contributed by atoms with E-state index in [9.17, 15) is 22.8 Å². The molecule has 10 heteroatoms. The third-order valence-electron chi connectivity index (χ3n) is 4.69. The number of anilines is 2. The van der Waals surface area contributed by atoms with Crippen molar-refractivity contribution >= 4 is 23.5 Å². The van der Waals surface area contributed by atoms with Crippen LogP contribution in [0.15, 0.2) is 42.7 Å². The van der Waals surface area contributed by atoms with E-state index in [0.29, 0.717) is 5.95 Å². The lowest BCUT2D eigenvalue weighted by Crippen LogP contribution is -2.42. The van der Waals surface area contributed by atoms with Gasteiger partial charge in [0.1, 0.15) is 0 Å². The molecule has 1 aromatic carbocycles. The minimum Gasteiger partial charge on any atom is -0.348 e. The summed E-state index contributed by atoms with van der Waals surface area (Å²) in [5, 5.41) is 4.54. The number of amides is 2. The molecule has 2 heterocycles. The molecule has 154 valence electrons. The maximum Gasteiger partial charge on any atom is 0.418 e. The molecular weight excluding hydrogens is 387 g/mol. The zero-order valence-corrected chi connectivity index (χ0v) is 15.4. The lowest BCUT2D eigenvalue weighted by Gasteiger charge is -2.31. The summed E-state index contributed by atoms with van der Waals surface area (Å²) in [6, 6.07) is 6.26. The molecule has 1 aliphatic heterocycles. The summed E-state index contributed by atoms with van der Waals surface area (Å²) in [5.41, 5.74) is -1.45. The molecule has 0 unspecified atom stereocenters. The minimum absolute atomic E-state index is 0.161. The number of carbonyl (C=O) groups excluding carboxylic acids is 2. The molecule has 2 N–H and O–H groups in total.